The summed E-state index contributed by atoms with van der Waals surface area (Å²) < 4.78 is 5.43. The van der Waals surface area contributed by atoms with Crippen LogP contribution in [0.5, 0.6) is 0 Å². The number of carboxylic acids is 1. The first-order valence-electron chi connectivity index (χ1n) is 6.02. The molecule has 0 saturated carbocycles. The fourth-order valence-corrected chi connectivity index (χ4v) is 1.65. The summed E-state index contributed by atoms with van der Waals surface area (Å²) >= 11 is 0. The number of carboxylic acid groups (broad SMARTS) is 1. The maximum Gasteiger partial charge on any atom is 0.335 e. The third-order valence-corrected chi connectivity index (χ3v) is 3.25. The normalized spacial score (nSPS) is 12.6. The first-order valence-corrected chi connectivity index (χ1v) is 6.02. The molecule has 100 valence electrons. The van der Waals surface area contributed by atoms with Gasteiger partial charge in [0, 0.05) is 7.11 Å². The monoisotopic (exact) mass is 250 g/mol. The van der Waals surface area contributed by atoms with E-state index in [1.165, 1.54) is 0 Å². The van der Waals surface area contributed by atoms with Crippen molar-refractivity contribution in [1.82, 2.24) is 0 Å². The number of aromatic carboxylic acids is 1. The molecule has 0 fully saturated rings. The molecule has 0 unspecified atom stereocenters. The Labute approximate surface area is 109 Å². The molecule has 18 heavy (non-hydrogen) atoms. The average molecular weight is 250 g/mol. The van der Waals surface area contributed by atoms with E-state index in [1.807, 2.05) is 19.9 Å². The summed E-state index contributed by atoms with van der Waals surface area (Å²) in [5.74, 6) is -0.908. The largest absolute Gasteiger partial charge is 0.478 e. The van der Waals surface area contributed by atoms with E-state index >= 15 is 0 Å². The standard InChI is InChI=1S/C15H22O3/c1-14(2,3)11-7-10(13(16)17)8-12(9-11)15(4,5)18-6/h7-9H,1-6H3,(H,16,17). The van der Waals surface area contributed by atoms with Crippen molar-refractivity contribution in [1.29, 1.82) is 0 Å². The van der Waals surface area contributed by atoms with Crippen molar-refractivity contribution in [2.24, 2.45) is 0 Å². The van der Waals surface area contributed by atoms with Gasteiger partial charge in [0.2, 0.25) is 0 Å². The van der Waals surface area contributed by atoms with E-state index in [-0.39, 0.29) is 5.41 Å². The first-order chi connectivity index (χ1) is 8.08. The summed E-state index contributed by atoms with van der Waals surface area (Å²) in [6.07, 6.45) is 0. The van der Waals surface area contributed by atoms with Gasteiger partial charge in [-0.1, -0.05) is 26.8 Å². The maximum absolute atomic E-state index is 11.2. The van der Waals surface area contributed by atoms with Gasteiger partial charge in [0.05, 0.1) is 11.2 Å². The highest BCUT2D eigenvalue weighted by Gasteiger charge is 2.24. The number of ether oxygens (including phenoxy) is 1. The summed E-state index contributed by atoms with van der Waals surface area (Å²) in [7, 11) is 1.63. The highest BCUT2D eigenvalue weighted by molar-refractivity contribution is 5.88. The molecule has 0 aliphatic rings. The minimum absolute atomic E-state index is 0.0932. The summed E-state index contributed by atoms with van der Waals surface area (Å²) in [4.78, 5) is 11.2. The molecule has 0 aromatic heterocycles. The minimum Gasteiger partial charge on any atom is -0.478 e. The zero-order chi connectivity index (χ0) is 14.1. The number of hydrogen-bond donors (Lipinski definition) is 1. The molecular formula is C15H22O3. The summed E-state index contributed by atoms with van der Waals surface area (Å²) in [5, 5.41) is 9.20. The van der Waals surface area contributed by atoms with Gasteiger partial charge in [0.1, 0.15) is 0 Å². The molecule has 1 aromatic rings. The molecule has 3 heteroatoms. The maximum atomic E-state index is 11.2. The van der Waals surface area contributed by atoms with E-state index < -0.39 is 11.6 Å². The van der Waals surface area contributed by atoms with Gasteiger partial charge in [-0.3, -0.25) is 0 Å². The van der Waals surface area contributed by atoms with Crippen molar-refractivity contribution < 1.29 is 14.6 Å². The molecule has 0 amide bonds. The second kappa shape index (κ2) is 4.73. The Balaban J connectivity index is 3.46. The molecule has 3 nitrogen and oxygen atoms in total. The molecule has 0 atom stereocenters. The van der Waals surface area contributed by atoms with Crippen LogP contribution in [0.2, 0.25) is 0 Å². The number of methoxy groups -OCH3 is 1. The number of benzene rings is 1. The van der Waals surface area contributed by atoms with E-state index in [1.54, 1.807) is 19.2 Å². The highest BCUT2D eigenvalue weighted by atomic mass is 16.5. The molecule has 0 aliphatic carbocycles. The van der Waals surface area contributed by atoms with Gasteiger partial charge in [0.25, 0.3) is 0 Å². The van der Waals surface area contributed by atoms with E-state index in [0.717, 1.165) is 11.1 Å². The van der Waals surface area contributed by atoms with Crippen LogP contribution in [0.15, 0.2) is 18.2 Å². The molecule has 1 N–H and O–H groups in total. The van der Waals surface area contributed by atoms with Gasteiger partial charge in [-0.2, -0.15) is 0 Å². The molecule has 0 radical (unpaired) electrons. The fraction of sp³-hybridized carbons (Fsp3) is 0.533. The predicted molar refractivity (Wildman–Crippen MR) is 72.1 cm³/mol. The van der Waals surface area contributed by atoms with Crippen LogP contribution in [0.1, 0.15) is 56.1 Å². The summed E-state index contributed by atoms with van der Waals surface area (Å²) in [5.41, 5.74) is 1.61. The summed E-state index contributed by atoms with van der Waals surface area (Å²) in [6.45, 7) is 10.1. The van der Waals surface area contributed by atoms with Gasteiger partial charge in [-0.15, -0.1) is 0 Å². The Hall–Kier alpha value is -1.35. The molecule has 0 saturated heterocycles. The van der Waals surface area contributed by atoms with Crippen LogP contribution in [0.3, 0.4) is 0 Å². The van der Waals surface area contributed by atoms with Gasteiger partial charge in [0.15, 0.2) is 0 Å². The zero-order valence-electron chi connectivity index (χ0n) is 12.0. The lowest BCUT2D eigenvalue weighted by atomic mass is 9.83. The molecular weight excluding hydrogens is 228 g/mol. The lowest BCUT2D eigenvalue weighted by Gasteiger charge is -2.27. The van der Waals surface area contributed by atoms with Crippen LogP contribution in [-0.2, 0) is 15.8 Å². The van der Waals surface area contributed by atoms with Gasteiger partial charge < -0.3 is 9.84 Å². The van der Waals surface area contributed by atoms with Gasteiger partial charge >= 0.3 is 5.97 Å². The molecule has 0 spiro atoms. The van der Waals surface area contributed by atoms with Gasteiger partial charge in [-0.05, 0) is 42.5 Å². The van der Waals surface area contributed by atoms with Crippen LogP contribution in [0, 0.1) is 0 Å². The Morgan fingerprint density at radius 1 is 1.06 bits per heavy atom. The molecule has 0 bridgehead atoms. The smallest absolute Gasteiger partial charge is 0.335 e. The topological polar surface area (TPSA) is 46.5 Å². The van der Waals surface area contributed by atoms with Crippen molar-refractivity contribution in [3.63, 3.8) is 0 Å². The van der Waals surface area contributed by atoms with Crippen molar-refractivity contribution in [3.8, 4) is 0 Å². The third kappa shape index (κ3) is 3.10. The third-order valence-electron chi connectivity index (χ3n) is 3.25. The minimum atomic E-state index is -0.908. The number of rotatable bonds is 3. The van der Waals surface area contributed by atoms with E-state index in [2.05, 4.69) is 20.8 Å². The second-order valence-corrected chi connectivity index (χ2v) is 6.07. The SMILES string of the molecule is COC(C)(C)c1cc(C(=O)O)cc(C(C)(C)C)c1. The lowest BCUT2D eigenvalue weighted by molar-refractivity contribution is 0.0190. The van der Waals surface area contributed by atoms with Crippen LogP contribution in [0.4, 0.5) is 0 Å². The van der Waals surface area contributed by atoms with Crippen LogP contribution < -0.4 is 0 Å². The molecule has 1 rings (SSSR count). The lowest BCUT2D eigenvalue weighted by Crippen LogP contribution is -2.22. The van der Waals surface area contributed by atoms with Crippen LogP contribution in [0.25, 0.3) is 0 Å². The first kappa shape index (κ1) is 14.7. The van der Waals surface area contributed by atoms with Gasteiger partial charge in [-0.25, -0.2) is 4.79 Å². The Kier molecular flexibility index (Phi) is 3.86. The number of carbonyl (C=O) groups is 1. The van der Waals surface area contributed by atoms with Crippen LogP contribution >= 0.6 is 0 Å². The predicted octanol–water partition coefficient (Wildman–Crippen LogP) is 3.56. The van der Waals surface area contributed by atoms with Crippen LogP contribution in [-0.4, -0.2) is 18.2 Å². The van der Waals surface area contributed by atoms with E-state index in [0.29, 0.717) is 5.56 Å². The molecule has 0 aliphatic heterocycles. The highest BCUT2D eigenvalue weighted by Crippen LogP contribution is 2.30. The summed E-state index contributed by atoms with van der Waals surface area (Å²) in [6, 6.07) is 5.44. The quantitative estimate of drug-likeness (QED) is 0.892. The fourth-order valence-electron chi connectivity index (χ4n) is 1.65. The molecule has 0 heterocycles. The Morgan fingerprint density at radius 2 is 1.56 bits per heavy atom. The Morgan fingerprint density at radius 3 is 1.94 bits per heavy atom. The van der Waals surface area contributed by atoms with Crippen molar-refractivity contribution >= 4 is 5.97 Å². The van der Waals surface area contributed by atoms with E-state index in [9.17, 15) is 9.90 Å². The zero-order valence-corrected chi connectivity index (χ0v) is 12.0. The van der Waals surface area contributed by atoms with Crippen molar-refractivity contribution in [2.45, 2.75) is 45.6 Å². The number of hydrogen-bond acceptors (Lipinski definition) is 2. The molecule has 1 aromatic carbocycles. The van der Waals surface area contributed by atoms with Crippen molar-refractivity contribution in [3.05, 3.63) is 34.9 Å². The Bertz CT molecular complexity index is 453. The van der Waals surface area contributed by atoms with E-state index in [4.69, 9.17) is 4.74 Å². The second-order valence-electron chi connectivity index (χ2n) is 6.07. The van der Waals surface area contributed by atoms with Crippen molar-refractivity contribution in [2.75, 3.05) is 7.11 Å². The average Bonchev–Trinajstić information content (AvgIpc) is 2.27.